The molecule has 7 nitrogen and oxygen atoms in total. The molecule has 1 aromatic heterocycles. The number of aromatic nitrogens is 1. The van der Waals surface area contributed by atoms with Crippen molar-refractivity contribution in [1.82, 2.24) is 4.98 Å². The standard InChI is InChI=1S/C20H27N3O4/c1-12-7-13(2)10-23(9-12)11-17(24)22-18-15-6-5-14(26-3)8-16(15)21-19(18)20(25)27-4/h5-6,8,12-13,21H,7,9-11H2,1-4H3,(H,22,24)/p+1/t12-,13-/m1/s1. The van der Waals surface area contributed by atoms with Crippen LogP contribution in [0.1, 0.15) is 30.8 Å². The van der Waals surface area contributed by atoms with Crippen LogP contribution < -0.4 is 15.0 Å². The molecule has 3 N–H and O–H groups in total. The van der Waals surface area contributed by atoms with Gasteiger partial charge in [-0.1, -0.05) is 13.8 Å². The van der Waals surface area contributed by atoms with Crippen molar-refractivity contribution < 1.29 is 24.0 Å². The Hall–Kier alpha value is -2.54. The first kappa shape index (κ1) is 19.2. The molecule has 0 unspecified atom stereocenters. The number of carbonyl (C=O) groups is 2. The van der Waals surface area contributed by atoms with E-state index in [1.165, 1.54) is 18.4 Å². The fourth-order valence-electron chi connectivity index (χ4n) is 4.17. The first-order chi connectivity index (χ1) is 12.9. The fraction of sp³-hybridized carbons (Fsp3) is 0.500. The van der Waals surface area contributed by atoms with E-state index in [-0.39, 0.29) is 11.6 Å². The van der Waals surface area contributed by atoms with Gasteiger partial charge >= 0.3 is 5.97 Å². The molecule has 7 heteroatoms. The number of likely N-dealkylation sites (tertiary alicyclic amines) is 1. The van der Waals surface area contributed by atoms with Crippen LogP contribution in [-0.2, 0) is 9.53 Å². The Balaban J connectivity index is 1.84. The Labute approximate surface area is 159 Å². The number of aromatic amines is 1. The summed E-state index contributed by atoms with van der Waals surface area (Å²) in [4.78, 5) is 29.2. The van der Waals surface area contributed by atoms with Crippen LogP contribution in [0.4, 0.5) is 5.69 Å². The van der Waals surface area contributed by atoms with Crippen molar-refractivity contribution >= 4 is 28.5 Å². The van der Waals surface area contributed by atoms with Crippen molar-refractivity contribution in [3.8, 4) is 5.75 Å². The number of benzene rings is 1. The molecule has 1 fully saturated rings. The number of amides is 1. The molecule has 0 bridgehead atoms. The number of rotatable bonds is 5. The van der Waals surface area contributed by atoms with E-state index in [1.54, 1.807) is 19.2 Å². The molecule has 1 aliphatic heterocycles. The summed E-state index contributed by atoms with van der Waals surface area (Å²) in [6.45, 7) is 6.84. The van der Waals surface area contributed by atoms with E-state index in [4.69, 9.17) is 9.47 Å². The third-order valence-electron chi connectivity index (χ3n) is 5.15. The molecule has 3 rings (SSSR count). The van der Waals surface area contributed by atoms with Gasteiger partial charge in [0, 0.05) is 23.3 Å². The number of hydrogen-bond acceptors (Lipinski definition) is 4. The fourth-order valence-corrected chi connectivity index (χ4v) is 4.17. The van der Waals surface area contributed by atoms with Gasteiger partial charge in [-0.25, -0.2) is 4.79 Å². The summed E-state index contributed by atoms with van der Waals surface area (Å²) in [5.41, 5.74) is 1.41. The van der Waals surface area contributed by atoms with Gasteiger partial charge in [-0.3, -0.25) is 4.79 Å². The molecule has 2 heterocycles. The van der Waals surface area contributed by atoms with Crippen LogP contribution in [0.2, 0.25) is 0 Å². The Morgan fingerprint density at radius 2 is 1.93 bits per heavy atom. The van der Waals surface area contributed by atoms with Crippen molar-refractivity contribution in [2.24, 2.45) is 11.8 Å². The summed E-state index contributed by atoms with van der Waals surface area (Å²) in [7, 11) is 2.90. The molecule has 0 saturated carbocycles. The highest BCUT2D eigenvalue weighted by Gasteiger charge is 2.28. The number of carbonyl (C=O) groups excluding carboxylic acids is 2. The van der Waals surface area contributed by atoms with Crippen molar-refractivity contribution in [1.29, 1.82) is 0 Å². The number of quaternary nitrogens is 1. The van der Waals surface area contributed by atoms with Gasteiger partial charge in [0.2, 0.25) is 0 Å². The number of fused-ring (bicyclic) bond motifs is 1. The second-order valence-corrected chi connectivity index (χ2v) is 7.61. The molecule has 27 heavy (non-hydrogen) atoms. The lowest BCUT2D eigenvalue weighted by atomic mass is 9.92. The quantitative estimate of drug-likeness (QED) is 0.692. The first-order valence-corrected chi connectivity index (χ1v) is 9.32. The highest BCUT2D eigenvalue weighted by molar-refractivity contribution is 6.11. The number of piperidine rings is 1. The highest BCUT2D eigenvalue weighted by atomic mass is 16.5. The lowest BCUT2D eigenvalue weighted by Crippen LogP contribution is -3.15. The molecule has 0 radical (unpaired) electrons. The molecule has 1 aromatic carbocycles. The Kier molecular flexibility index (Phi) is 5.70. The van der Waals surface area contributed by atoms with Crippen LogP contribution >= 0.6 is 0 Å². The Bertz CT molecular complexity index is 835. The zero-order chi connectivity index (χ0) is 19.6. The number of methoxy groups -OCH3 is 2. The van der Waals surface area contributed by atoms with Gasteiger partial charge in [-0.2, -0.15) is 0 Å². The molecular weight excluding hydrogens is 346 g/mol. The molecule has 146 valence electrons. The van der Waals surface area contributed by atoms with Crippen LogP contribution in [0.25, 0.3) is 10.9 Å². The minimum absolute atomic E-state index is 0.104. The SMILES string of the molecule is COC(=O)c1[nH]c2cc(OC)ccc2c1NC(=O)C[NH+]1C[C@H](C)C[C@@H](C)C1. The summed E-state index contributed by atoms with van der Waals surface area (Å²) < 4.78 is 10.1. The van der Waals surface area contributed by atoms with Crippen molar-refractivity contribution in [2.45, 2.75) is 20.3 Å². The normalized spacial score (nSPS) is 22.4. The third-order valence-corrected chi connectivity index (χ3v) is 5.15. The molecule has 1 aliphatic rings. The molecule has 1 amide bonds. The molecule has 0 spiro atoms. The average molecular weight is 374 g/mol. The first-order valence-electron chi connectivity index (χ1n) is 9.32. The van der Waals surface area contributed by atoms with Crippen LogP contribution in [0.5, 0.6) is 5.75 Å². The summed E-state index contributed by atoms with van der Waals surface area (Å²) in [5.74, 6) is 1.27. The lowest BCUT2D eigenvalue weighted by molar-refractivity contribution is -0.904. The van der Waals surface area contributed by atoms with Crippen molar-refractivity contribution in [3.05, 3.63) is 23.9 Å². The third kappa shape index (κ3) is 4.24. The van der Waals surface area contributed by atoms with E-state index in [0.29, 0.717) is 35.3 Å². The zero-order valence-electron chi connectivity index (χ0n) is 16.3. The van der Waals surface area contributed by atoms with Gasteiger partial charge in [0.1, 0.15) is 11.4 Å². The van der Waals surface area contributed by atoms with E-state index < -0.39 is 5.97 Å². The molecule has 2 aromatic rings. The van der Waals surface area contributed by atoms with E-state index in [1.807, 2.05) is 6.07 Å². The lowest BCUT2D eigenvalue weighted by Gasteiger charge is -2.31. The van der Waals surface area contributed by atoms with Crippen molar-refractivity contribution in [3.63, 3.8) is 0 Å². The Morgan fingerprint density at radius 1 is 1.22 bits per heavy atom. The van der Waals surface area contributed by atoms with E-state index in [0.717, 1.165) is 18.5 Å². The topological polar surface area (TPSA) is 84.9 Å². The molecule has 1 saturated heterocycles. The molecule has 2 atom stereocenters. The van der Waals surface area contributed by atoms with Gasteiger partial charge in [-0.05, 0) is 18.6 Å². The largest absolute Gasteiger partial charge is 0.497 e. The smallest absolute Gasteiger partial charge is 0.356 e. The number of esters is 1. The zero-order valence-corrected chi connectivity index (χ0v) is 16.3. The number of ether oxygens (including phenoxy) is 2. The van der Waals surface area contributed by atoms with Crippen LogP contribution in [0, 0.1) is 11.8 Å². The predicted octanol–water partition coefficient (Wildman–Crippen LogP) is 1.46. The number of H-pyrrole nitrogens is 1. The van der Waals surface area contributed by atoms with Crippen LogP contribution in [0.15, 0.2) is 18.2 Å². The number of anilines is 1. The van der Waals surface area contributed by atoms with E-state index >= 15 is 0 Å². The van der Waals surface area contributed by atoms with E-state index in [9.17, 15) is 9.59 Å². The van der Waals surface area contributed by atoms with Gasteiger partial charge in [0.15, 0.2) is 6.54 Å². The number of nitrogens with one attached hydrogen (secondary N) is 3. The summed E-state index contributed by atoms with van der Waals surface area (Å²) in [5, 5.41) is 3.68. The van der Waals surface area contributed by atoms with Gasteiger partial charge in [0.25, 0.3) is 5.91 Å². The van der Waals surface area contributed by atoms with Gasteiger partial charge in [0.05, 0.1) is 38.5 Å². The maximum absolute atomic E-state index is 12.7. The number of hydrogen-bond donors (Lipinski definition) is 3. The predicted molar refractivity (Wildman–Crippen MR) is 103 cm³/mol. The highest BCUT2D eigenvalue weighted by Crippen LogP contribution is 2.31. The molecular formula is C20H28N3O4+. The summed E-state index contributed by atoms with van der Waals surface area (Å²) >= 11 is 0. The van der Waals surface area contributed by atoms with Crippen molar-refractivity contribution in [2.75, 3.05) is 39.2 Å². The maximum Gasteiger partial charge on any atom is 0.356 e. The van der Waals surface area contributed by atoms with Gasteiger partial charge in [-0.15, -0.1) is 0 Å². The van der Waals surface area contributed by atoms with Gasteiger partial charge < -0.3 is 24.7 Å². The van der Waals surface area contributed by atoms with Crippen LogP contribution in [0.3, 0.4) is 0 Å². The van der Waals surface area contributed by atoms with Crippen LogP contribution in [-0.4, -0.2) is 50.7 Å². The monoisotopic (exact) mass is 374 g/mol. The maximum atomic E-state index is 12.7. The second kappa shape index (κ2) is 8.00. The molecule has 0 aliphatic carbocycles. The minimum Gasteiger partial charge on any atom is -0.497 e. The summed E-state index contributed by atoms with van der Waals surface area (Å²) in [6.07, 6.45) is 1.21. The summed E-state index contributed by atoms with van der Waals surface area (Å²) in [6, 6.07) is 5.41. The average Bonchev–Trinajstić information content (AvgIpc) is 2.97. The second-order valence-electron chi connectivity index (χ2n) is 7.61. The minimum atomic E-state index is -0.520. The Morgan fingerprint density at radius 3 is 2.56 bits per heavy atom. The van der Waals surface area contributed by atoms with E-state index in [2.05, 4.69) is 24.1 Å².